The van der Waals surface area contributed by atoms with Crippen molar-refractivity contribution in [3.8, 4) is 9.88 Å². The number of nitrogens with two attached hydrogens (primary N) is 1. The van der Waals surface area contributed by atoms with Gasteiger partial charge in [-0.15, -0.1) is 22.7 Å². The third kappa shape index (κ3) is 2.58. The van der Waals surface area contributed by atoms with Crippen molar-refractivity contribution in [2.45, 2.75) is 31.2 Å². The Hall–Kier alpha value is -1.28. The highest BCUT2D eigenvalue weighted by atomic mass is 35.5. The van der Waals surface area contributed by atoms with Gasteiger partial charge in [-0.05, 0) is 31.4 Å². The Morgan fingerprint density at radius 2 is 2.18 bits per heavy atom. The number of aromatic nitrogens is 3. The van der Waals surface area contributed by atoms with Crippen LogP contribution in [0, 0.1) is 0 Å². The van der Waals surface area contributed by atoms with Crippen LogP contribution in [-0.4, -0.2) is 15.1 Å². The number of hydrogen-bond donors (Lipinski definition) is 1. The minimum atomic E-state index is -0.386. The maximum Gasteiger partial charge on any atom is 0.232 e. The summed E-state index contributed by atoms with van der Waals surface area (Å²) in [4.78, 5) is 10.1. The van der Waals surface area contributed by atoms with Gasteiger partial charge in [-0.2, -0.15) is 4.98 Å². The van der Waals surface area contributed by atoms with Crippen molar-refractivity contribution in [2.24, 2.45) is 5.73 Å². The Morgan fingerprint density at radius 1 is 1.32 bits per heavy atom. The lowest BCUT2D eigenvalue weighted by Gasteiger charge is -2.34. The van der Waals surface area contributed by atoms with Crippen molar-refractivity contribution < 1.29 is 4.52 Å². The van der Waals surface area contributed by atoms with Crippen molar-refractivity contribution in [2.75, 3.05) is 0 Å². The maximum atomic E-state index is 6.20. The summed E-state index contributed by atoms with van der Waals surface area (Å²) in [5.74, 6) is 1.18. The molecule has 3 aromatic heterocycles. The van der Waals surface area contributed by atoms with Crippen LogP contribution >= 0.6 is 34.3 Å². The van der Waals surface area contributed by atoms with Crippen molar-refractivity contribution in [3.63, 3.8) is 0 Å². The molecule has 1 aliphatic rings. The van der Waals surface area contributed by atoms with Gasteiger partial charge in [0.2, 0.25) is 5.89 Å². The number of halogens is 1. The van der Waals surface area contributed by atoms with E-state index in [4.69, 9.17) is 21.9 Å². The van der Waals surface area contributed by atoms with Gasteiger partial charge in [-0.1, -0.05) is 16.8 Å². The first-order valence-corrected chi connectivity index (χ1v) is 9.02. The largest absolute Gasteiger partial charge is 0.339 e. The van der Waals surface area contributed by atoms with Gasteiger partial charge in [0, 0.05) is 5.38 Å². The summed E-state index contributed by atoms with van der Waals surface area (Å²) in [6, 6.07) is 3.86. The van der Waals surface area contributed by atoms with E-state index in [1.165, 1.54) is 11.3 Å². The van der Waals surface area contributed by atoms with Gasteiger partial charge in [0.15, 0.2) is 5.82 Å². The summed E-state index contributed by atoms with van der Waals surface area (Å²) >= 11 is 9.08. The highest BCUT2D eigenvalue weighted by Crippen LogP contribution is 2.37. The highest BCUT2D eigenvalue weighted by Gasteiger charge is 2.38. The fourth-order valence-corrected chi connectivity index (χ4v) is 4.33. The van der Waals surface area contributed by atoms with Gasteiger partial charge >= 0.3 is 0 Å². The molecule has 0 aromatic carbocycles. The lowest BCUT2D eigenvalue weighted by Crippen LogP contribution is -2.44. The standard InChI is InChI=1S/C14H13ClN4OS2/c15-10-3-2-9(22-10)12-17-8(7-21-12)6-11-18-13(19-20-11)14(16)4-1-5-14/h2-3,7H,1,4-6,16H2. The molecule has 0 saturated heterocycles. The summed E-state index contributed by atoms with van der Waals surface area (Å²) in [5.41, 5.74) is 6.73. The zero-order valence-corrected chi connectivity index (χ0v) is 14.0. The molecule has 3 aromatic rings. The van der Waals surface area contributed by atoms with E-state index in [-0.39, 0.29) is 5.54 Å². The van der Waals surface area contributed by atoms with Crippen LogP contribution in [0.1, 0.15) is 36.7 Å². The molecule has 3 heterocycles. The van der Waals surface area contributed by atoms with Crippen LogP contribution in [-0.2, 0) is 12.0 Å². The third-order valence-corrected chi connectivity index (χ3v) is 6.12. The molecule has 0 radical (unpaired) electrons. The van der Waals surface area contributed by atoms with Crippen LogP contribution in [0.15, 0.2) is 22.0 Å². The normalized spacial score (nSPS) is 16.6. The Balaban J connectivity index is 1.51. The topological polar surface area (TPSA) is 77.8 Å². The first kappa shape index (κ1) is 14.3. The van der Waals surface area contributed by atoms with Crippen LogP contribution in [0.4, 0.5) is 0 Å². The average Bonchev–Trinajstić information content (AvgIpc) is 3.17. The third-order valence-electron chi connectivity index (χ3n) is 3.83. The summed E-state index contributed by atoms with van der Waals surface area (Å²) in [7, 11) is 0. The maximum absolute atomic E-state index is 6.20. The predicted molar refractivity (Wildman–Crippen MR) is 87.3 cm³/mol. The minimum absolute atomic E-state index is 0.386. The first-order valence-electron chi connectivity index (χ1n) is 6.94. The quantitative estimate of drug-likeness (QED) is 0.771. The van der Waals surface area contributed by atoms with Crippen LogP contribution in [0.2, 0.25) is 4.34 Å². The predicted octanol–water partition coefficient (Wildman–Crippen LogP) is 3.84. The summed E-state index contributed by atoms with van der Waals surface area (Å²) in [6.45, 7) is 0. The second kappa shape index (κ2) is 5.42. The fraction of sp³-hybridized carbons (Fsp3) is 0.357. The molecular formula is C14H13ClN4OS2. The van der Waals surface area contributed by atoms with Crippen LogP contribution in [0.5, 0.6) is 0 Å². The average molecular weight is 353 g/mol. The number of hydrogen-bond acceptors (Lipinski definition) is 7. The lowest BCUT2D eigenvalue weighted by atomic mass is 9.77. The Kier molecular flexibility index (Phi) is 3.53. The van der Waals surface area contributed by atoms with Gasteiger partial charge in [0.25, 0.3) is 0 Å². The molecule has 0 bridgehead atoms. The zero-order valence-electron chi connectivity index (χ0n) is 11.6. The number of thiazole rings is 1. The monoisotopic (exact) mass is 352 g/mol. The fourth-order valence-electron chi connectivity index (χ4n) is 2.40. The summed E-state index contributed by atoms with van der Waals surface area (Å²) in [6.07, 6.45) is 3.50. The number of thiophene rings is 1. The van der Waals surface area contributed by atoms with Gasteiger partial charge in [-0.3, -0.25) is 0 Å². The summed E-state index contributed by atoms with van der Waals surface area (Å²) < 4.78 is 6.08. The lowest BCUT2D eigenvalue weighted by molar-refractivity contribution is 0.229. The molecule has 5 nitrogen and oxygen atoms in total. The van der Waals surface area contributed by atoms with Gasteiger partial charge in [-0.25, -0.2) is 4.98 Å². The SMILES string of the molecule is NC1(c2noc(Cc3csc(-c4ccc(Cl)s4)n3)n2)CCC1. The summed E-state index contributed by atoms with van der Waals surface area (Å²) in [5, 5.41) is 6.99. The number of nitrogens with zero attached hydrogens (tertiary/aromatic N) is 3. The number of rotatable bonds is 4. The van der Waals surface area contributed by atoms with Crippen molar-refractivity contribution >= 4 is 34.3 Å². The van der Waals surface area contributed by atoms with Crippen LogP contribution < -0.4 is 5.73 Å². The van der Waals surface area contributed by atoms with E-state index in [0.717, 1.165) is 39.2 Å². The zero-order chi connectivity index (χ0) is 15.2. The van der Waals surface area contributed by atoms with E-state index in [1.54, 1.807) is 11.3 Å². The second-order valence-electron chi connectivity index (χ2n) is 5.45. The van der Waals surface area contributed by atoms with Gasteiger partial charge in [0.1, 0.15) is 5.01 Å². The highest BCUT2D eigenvalue weighted by molar-refractivity contribution is 7.23. The molecular weight excluding hydrogens is 340 g/mol. The molecule has 0 atom stereocenters. The van der Waals surface area contributed by atoms with E-state index in [9.17, 15) is 0 Å². The molecule has 0 unspecified atom stereocenters. The first-order chi connectivity index (χ1) is 10.6. The van der Waals surface area contributed by atoms with E-state index in [0.29, 0.717) is 18.1 Å². The Labute approximate surface area is 140 Å². The van der Waals surface area contributed by atoms with E-state index in [1.807, 2.05) is 17.5 Å². The van der Waals surface area contributed by atoms with Crippen LogP contribution in [0.25, 0.3) is 9.88 Å². The van der Waals surface area contributed by atoms with Gasteiger partial charge < -0.3 is 10.3 Å². The Bertz CT molecular complexity index is 805. The van der Waals surface area contributed by atoms with E-state index >= 15 is 0 Å². The van der Waals surface area contributed by atoms with E-state index in [2.05, 4.69) is 15.1 Å². The molecule has 4 rings (SSSR count). The van der Waals surface area contributed by atoms with Gasteiger partial charge in [0.05, 0.1) is 26.9 Å². The minimum Gasteiger partial charge on any atom is -0.339 e. The molecule has 8 heteroatoms. The Morgan fingerprint density at radius 3 is 2.86 bits per heavy atom. The smallest absolute Gasteiger partial charge is 0.232 e. The molecule has 22 heavy (non-hydrogen) atoms. The molecule has 1 saturated carbocycles. The molecule has 0 amide bonds. The molecule has 0 spiro atoms. The van der Waals surface area contributed by atoms with Crippen LogP contribution in [0.3, 0.4) is 0 Å². The van der Waals surface area contributed by atoms with Crippen molar-refractivity contribution in [3.05, 3.63) is 39.3 Å². The van der Waals surface area contributed by atoms with Crippen molar-refractivity contribution in [1.82, 2.24) is 15.1 Å². The molecule has 114 valence electrons. The molecule has 1 aliphatic carbocycles. The second-order valence-corrected chi connectivity index (χ2v) is 8.02. The molecule has 1 fully saturated rings. The molecule has 2 N–H and O–H groups in total. The molecule has 0 aliphatic heterocycles. The van der Waals surface area contributed by atoms with E-state index < -0.39 is 0 Å². The van der Waals surface area contributed by atoms with Crippen molar-refractivity contribution in [1.29, 1.82) is 0 Å².